The lowest BCUT2D eigenvalue weighted by molar-refractivity contribution is -0.385. The van der Waals surface area contributed by atoms with E-state index in [9.17, 15) is 14.9 Å². The number of nitrogens with one attached hydrogen (secondary N) is 2. The van der Waals surface area contributed by atoms with Gasteiger partial charge in [0.2, 0.25) is 5.91 Å². The van der Waals surface area contributed by atoms with Crippen LogP contribution in [0.1, 0.15) is 25.3 Å². The molecule has 1 aliphatic heterocycles. The van der Waals surface area contributed by atoms with Gasteiger partial charge in [-0.15, -0.1) is 12.4 Å². The quantitative estimate of drug-likeness (QED) is 0.658. The van der Waals surface area contributed by atoms with Crippen LogP contribution in [0.25, 0.3) is 0 Å². The zero-order chi connectivity index (χ0) is 14.6. The van der Waals surface area contributed by atoms with Crippen molar-refractivity contribution in [3.63, 3.8) is 0 Å². The van der Waals surface area contributed by atoms with E-state index in [1.54, 1.807) is 18.2 Å². The molecule has 0 radical (unpaired) electrons. The highest BCUT2D eigenvalue weighted by Gasteiger charge is 2.34. The molecule has 1 aromatic rings. The molecule has 1 aliphatic rings. The van der Waals surface area contributed by atoms with Crippen LogP contribution < -0.4 is 10.6 Å². The average Bonchev–Trinajstić information content (AvgIpc) is 2.45. The second-order valence-corrected chi connectivity index (χ2v) is 5.41. The van der Waals surface area contributed by atoms with E-state index in [-0.39, 0.29) is 30.5 Å². The summed E-state index contributed by atoms with van der Waals surface area (Å²) in [5.74, 6) is -0.0529. The number of piperidine rings is 1. The normalized spacial score (nSPS) is 21.2. The van der Waals surface area contributed by atoms with Gasteiger partial charge in [0.25, 0.3) is 5.69 Å². The third-order valence-electron chi connectivity index (χ3n) is 3.77. The molecular weight excluding hydrogens is 294 g/mol. The van der Waals surface area contributed by atoms with E-state index in [4.69, 9.17) is 0 Å². The van der Waals surface area contributed by atoms with Crippen LogP contribution in [0.3, 0.4) is 0 Å². The molecule has 7 heteroatoms. The van der Waals surface area contributed by atoms with Crippen molar-refractivity contribution in [2.45, 2.75) is 26.3 Å². The predicted molar refractivity (Wildman–Crippen MR) is 82.4 cm³/mol. The van der Waals surface area contributed by atoms with Gasteiger partial charge < -0.3 is 10.6 Å². The number of nitro benzene ring substituents is 1. The smallest absolute Gasteiger partial charge is 0.274 e. The zero-order valence-corrected chi connectivity index (χ0v) is 12.7. The lowest BCUT2D eigenvalue weighted by Gasteiger charge is -2.32. The number of hydrogen-bond donors (Lipinski definition) is 2. The van der Waals surface area contributed by atoms with Crippen molar-refractivity contribution in [3.05, 3.63) is 39.9 Å². The number of halogens is 1. The lowest BCUT2D eigenvalue weighted by Crippen LogP contribution is -2.48. The van der Waals surface area contributed by atoms with Crippen molar-refractivity contribution in [2.75, 3.05) is 13.1 Å². The molecule has 1 heterocycles. The Labute approximate surface area is 129 Å². The number of benzene rings is 1. The van der Waals surface area contributed by atoms with E-state index in [0.717, 1.165) is 19.4 Å². The molecule has 0 saturated carbocycles. The van der Waals surface area contributed by atoms with E-state index < -0.39 is 10.3 Å². The maximum Gasteiger partial charge on any atom is 0.274 e. The summed E-state index contributed by atoms with van der Waals surface area (Å²) in [5.41, 5.74) is 0.139. The van der Waals surface area contributed by atoms with E-state index >= 15 is 0 Å². The van der Waals surface area contributed by atoms with Gasteiger partial charge in [-0.1, -0.05) is 18.2 Å². The van der Waals surface area contributed by atoms with Gasteiger partial charge in [-0.25, -0.2) is 0 Å². The first-order chi connectivity index (χ1) is 9.53. The SMILES string of the molecule is CC1(C(=O)NCc2ccccc2[N+](=O)[O-])CCCNC1.Cl. The Morgan fingerprint density at radius 2 is 2.19 bits per heavy atom. The average molecular weight is 314 g/mol. The lowest BCUT2D eigenvalue weighted by atomic mass is 9.82. The van der Waals surface area contributed by atoms with E-state index in [0.29, 0.717) is 12.1 Å². The van der Waals surface area contributed by atoms with Gasteiger partial charge in [-0.3, -0.25) is 14.9 Å². The first kappa shape index (κ1) is 17.4. The molecule has 0 spiro atoms. The molecule has 0 aliphatic carbocycles. The minimum absolute atomic E-state index is 0. The zero-order valence-electron chi connectivity index (χ0n) is 11.9. The standard InChI is InChI=1S/C14H19N3O3.ClH/c1-14(7-4-8-15-10-14)13(18)16-9-11-5-2-3-6-12(11)17(19)20;/h2-3,5-6,15H,4,7-10H2,1H3,(H,16,18);1H. The van der Waals surface area contributed by atoms with Crippen molar-refractivity contribution < 1.29 is 9.72 Å². The summed E-state index contributed by atoms with van der Waals surface area (Å²) < 4.78 is 0. The van der Waals surface area contributed by atoms with Crippen LogP contribution in [0.5, 0.6) is 0 Å². The Hall–Kier alpha value is -1.66. The highest BCUT2D eigenvalue weighted by Crippen LogP contribution is 2.26. The van der Waals surface area contributed by atoms with E-state index in [1.165, 1.54) is 6.07 Å². The maximum atomic E-state index is 12.3. The molecule has 1 amide bonds. The van der Waals surface area contributed by atoms with Gasteiger partial charge in [0.15, 0.2) is 0 Å². The minimum atomic E-state index is -0.429. The predicted octanol–water partition coefficient (Wildman–Crippen LogP) is 2.02. The van der Waals surface area contributed by atoms with Crippen LogP contribution in [0.2, 0.25) is 0 Å². The number of rotatable bonds is 4. The number of hydrogen-bond acceptors (Lipinski definition) is 4. The highest BCUT2D eigenvalue weighted by molar-refractivity contribution is 5.85. The first-order valence-electron chi connectivity index (χ1n) is 6.74. The van der Waals surface area contributed by atoms with Gasteiger partial charge in [0.1, 0.15) is 0 Å². The number of carbonyl (C=O) groups is 1. The fourth-order valence-corrected chi connectivity index (χ4v) is 2.48. The number of nitrogens with zero attached hydrogens (tertiary/aromatic N) is 1. The van der Waals surface area contributed by atoms with Crippen LogP contribution in [-0.4, -0.2) is 23.9 Å². The third kappa shape index (κ3) is 4.15. The van der Waals surface area contributed by atoms with Crippen molar-refractivity contribution >= 4 is 24.0 Å². The molecule has 2 N–H and O–H groups in total. The van der Waals surface area contributed by atoms with Crippen molar-refractivity contribution in [1.29, 1.82) is 0 Å². The minimum Gasteiger partial charge on any atom is -0.351 e. The van der Waals surface area contributed by atoms with Crippen LogP contribution in [0.15, 0.2) is 24.3 Å². The van der Waals surface area contributed by atoms with Crippen LogP contribution in [0.4, 0.5) is 5.69 Å². The summed E-state index contributed by atoms with van der Waals surface area (Å²) in [4.78, 5) is 22.7. The first-order valence-corrected chi connectivity index (χ1v) is 6.74. The Kier molecular flexibility index (Phi) is 6.11. The van der Waals surface area contributed by atoms with Crippen LogP contribution in [-0.2, 0) is 11.3 Å². The molecule has 2 rings (SSSR count). The molecule has 1 unspecified atom stereocenters. The monoisotopic (exact) mass is 313 g/mol. The van der Waals surface area contributed by atoms with Crippen molar-refractivity contribution in [2.24, 2.45) is 5.41 Å². The summed E-state index contributed by atoms with van der Waals surface area (Å²) in [6.07, 6.45) is 1.80. The fourth-order valence-electron chi connectivity index (χ4n) is 2.48. The van der Waals surface area contributed by atoms with Crippen LogP contribution >= 0.6 is 12.4 Å². The topological polar surface area (TPSA) is 84.3 Å². The molecular formula is C14H20ClN3O3. The number of amides is 1. The number of para-hydroxylation sites is 1. The van der Waals surface area contributed by atoms with Crippen molar-refractivity contribution in [1.82, 2.24) is 10.6 Å². The number of carbonyl (C=O) groups excluding carboxylic acids is 1. The van der Waals surface area contributed by atoms with Gasteiger partial charge in [0, 0.05) is 24.7 Å². The Morgan fingerprint density at radius 1 is 1.48 bits per heavy atom. The summed E-state index contributed by atoms with van der Waals surface area (Å²) in [6, 6.07) is 6.47. The van der Waals surface area contributed by atoms with Gasteiger partial charge in [-0.05, 0) is 26.3 Å². The second kappa shape index (κ2) is 7.38. The Morgan fingerprint density at radius 3 is 2.81 bits per heavy atom. The molecule has 1 fully saturated rings. The molecule has 0 bridgehead atoms. The third-order valence-corrected chi connectivity index (χ3v) is 3.77. The summed E-state index contributed by atoms with van der Waals surface area (Å²) in [5, 5.41) is 17.0. The Balaban J connectivity index is 0.00000220. The molecule has 1 saturated heterocycles. The molecule has 116 valence electrons. The number of nitro groups is 1. The fraction of sp³-hybridized carbons (Fsp3) is 0.500. The van der Waals surface area contributed by atoms with E-state index in [1.807, 2.05) is 6.92 Å². The van der Waals surface area contributed by atoms with Gasteiger partial charge >= 0.3 is 0 Å². The largest absolute Gasteiger partial charge is 0.351 e. The summed E-state index contributed by atoms with van der Waals surface area (Å²) >= 11 is 0. The maximum absolute atomic E-state index is 12.3. The summed E-state index contributed by atoms with van der Waals surface area (Å²) in [7, 11) is 0. The molecule has 21 heavy (non-hydrogen) atoms. The van der Waals surface area contributed by atoms with Crippen LogP contribution in [0, 0.1) is 15.5 Å². The highest BCUT2D eigenvalue weighted by atomic mass is 35.5. The van der Waals surface area contributed by atoms with Gasteiger partial charge in [-0.2, -0.15) is 0 Å². The van der Waals surface area contributed by atoms with Crippen molar-refractivity contribution in [3.8, 4) is 0 Å². The second-order valence-electron chi connectivity index (χ2n) is 5.41. The molecule has 0 aromatic heterocycles. The molecule has 6 nitrogen and oxygen atoms in total. The summed E-state index contributed by atoms with van der Waals surface area (Å²) in [6.45, 7) is 3.70. The van der Waals surface area contributed by atoms with E-state index in [2.05, 4.69) is 10.6 Å². The van der Waals surface area contributed by atoms with Gasteiger partial charge in [0.05, 0.1) is 10.3 Å². The molecule has 1 aromatic carbocycles. The Bertz CT molecular complexity index is 516. The molecule has 1 atom stereocenters.